The van der Waals surface area contributed by atoms with Gasteiger partial charge in [-0.3, -0.25) is 0 Å². The van der Waals surface area contributed by atoms with E-state index in [2.05, 4.69) is 65.1 Å². The Bertz CT molecular complexity index is 586. The van der Waals surface area contributed by atoms with Gasteiger partial charge in [-0.15, -0.1) is 10.2 Å². The topological polar surface area (TPSA) is 42.7 Å². The SMILES string of the molecule is CCC(C)(C)c1nnc2n1CCNC2c1ccccc1. The van der Waals surface area contributed by atoms with Gasteiger partial charge in [0.2, 0.25) is 0 Å². The number of hydrogen-bond acceptors (Lipinski definition) is 3. The van der Waals surface area contributed by atoms with Crippen LogP contribution in [0.25, 0.3) is 0 Å². The number of nitrogens with zero attached hydrogens (tertiary/aromatic N) is 3. The van der Waals surface area contributed by atoms with Crippen molar-refractivity contribution in [2.24, 2.45) is 0 Å². The Kier molecular flexibility index (Phi) is 3.34. The summed E-state index contributed by atoms with van der Waals surface area (Å²) in [5.74, 6) is 2.15. The van der Waals surface area contributed by atoms with Crippen LogP contribution in [0.15, 0.2) is 30.3 Å². The molecule has 1 atom stereocenters. The van der Waals surface area contributed by atoms with E-state index in [0.717, 1.165) is 31.2 Å². The minimum absolute atomic E-state index is 0.0732. The fraction of sp³-hybridized carbons (Fsp3) is 0.500. The van der Waals surface area contributed by atoms with Crippen LogP contribution in [0.3, 0.4) is 0 Å². The molecule has 2 heterocycles. The predicted octanol–water partition coefficient (Wildman–Crippen LogP) is 2.66. The lowest BCUT2D eigenvalue weighted by Crippen LogP contribution is -2.36. The van der Waals surface area contributed by atoms with E-state index < -0.39 is 0 Å². The molecule has 3 rings (SSSR count). The lowest BCUT2D eigenvalue weighted by molar-refractivity contribution is 0.399. The van der Waals surface area contributed by atoms with Gasteiger partial charge in [0.1, 0.15) is 5.82 Å². The summed E-state index contributed by atoms with van der Waals surface area (Å²) in [6.07, 6.45) is 1.06. The van der Waals surface area contributed by atoms with Gasteiger partial charge in [0.05, 0.1) is 6.04 Å². The Morgan fingerprint density at radius 3 is 2.70 bits per heavy atom. The highest BCUT2D eigenvalue weighted by atomic mass is 15.3. The summed E-state index contributed by atoms with van der Waals surface area (Å²) in [6.45, 7) is 8.59. The van der Waals surface area contributed by atoms with Crippen LogP contribution in [0.5, 0.6) is 0 Å². The van der Waals surface area contributed by atoms with Gasteiger partial charge in [-0.25, -0.2) is 0 Å². The number of aromatic nitrogens is 3. The normalized spacial score (nSPS) is 18.9. The molecule has 0 aliphatic carbocycles. The minimum Gasteiger partial charge on any atom is -0.312 e. The number of fused-ring (bicyclic) bond motifs is 1. The van der Waals surface area contributed by atoms with Crippen molar-refractivity contribution in [3.05, 3.63) is 47.5 Å². The fourth-order valence-corrected chi connectivity index (χ4v) is 2.73. The van der Waals surface area contributed by atoms with E-state index in [1.807, 2.05) is 6.07 Å². The summed E-state index contributed by atoms with van der Waals surface area (Å²) in [7, 11) is 0. The molecule has 0 saturated carbocycles. The van der Waals surface area contributed by atoms with Crippen LogP contribution in [-0.4, -0.2) is 21.3 Å². The summed E-state index contributed by atoms with van der Waals surface area (Å²) in [6, 6.07) is 10.6. The zero-order chi connectivity index (χ0) is 14.2. The molecule has 0 bridgehead atoms. The third-order valence-corrected chi connectivity index (χ3v) is 4.34. The van der Waals surface area contributed by atoms with Crippen LogP contribution < -0.4 is 5.32 Å². The monoisotopic (exact) mass is 270 g/mol. The molecule has 106 valence electrons. The molecule has 0 spiro atoms. The Morgan fingerprint density at radius 1 is 1.25 bits per heavy atom. The van der Waals surface area contributed by atoms with Crippen LogP contribution in [0.1, 0.15) is 50.4 Å². The molecule has 4 heteroatoms. The van der Waals surface area contributed by atoms with Crippen molar-refractivity contribution >= 4 is 0 Å². The zero-order valence-corrected chi connectivity index (χ0v) is 12.4. The van der Waals surface area contributed by atoms with E-state index in [1.165, 1.54) is 5.56 Å². The average Bonchev–Trinajstić information content (AvgIpc) is 2.92. The highest BCUT2D eigenvalue weighted by molar-refractivity contribution is 5.27. The quantitative estimate of drug-likeness (QED) is 0.932. The molecule has 1 aromatic carbocycles. The maximum absolute atomic E-state index is 4.49. The molecule has 0 amide bonds. The Balaban J connectivity index is 2.03. The van der Waals surface area contributed by atoms with E-state index in [4.69, 9.17) is 0 Å². The van der Waals surface area contributed by atoms with Crippen molar-refractivity contribution in [2.45, 2.75) is 45.2 Å². The van der Waals surface area contributed by atoms with Crippen LogP contribution >= 0.6 is 0 Å². The van der Waals surface area contributed by atoms with Crippen molar-refractivity contribution < 1.29 is 0 Å². The minimum atomic E-state index is 0.0732. The van der Waals surface area contributed by atoms with Gasteiger partial charge in [-0.1, -0.05) is 51.1 Å². The van der Waals surface area contributed by atoms with Crippen molar-refractivity contribution in [2.75, 3.05) is 6.54 Å². The van der Waals surface area contributed by atoms with E-state index in [9.17, 15) is 0 Å². The smallest absolute Gasteiger partial charge is 0.154 e. The second-order valence-corrected chi connectivity index (χ2v) is 6.07. The number of hydrogen-bond donors (Lipinski definition) is 1. The van der Waals surface area contributed by atoms with E-state index in [0.29, 0.717) is 0 Å². The maximum atomic E-state index is 4.49. The van der Waals surface area contributed by atoms with E-state index in [-0.39, 0.29) is 11.5 Å². The molecule has 2 aromatic rings. The summed E-state index contributed by atoms with van der Waals surface area (Å²) in [5.41, 5.74) is 1.32. The molecule has 4 nitrogen and oxygen atoms in total. The van der Waals surface area contributed by atoms with Crippen molar-refractivity contribution in [3.8, 4) is 0 Å². The maximum Gasteiger partial charge on any atom is 0.154 e. The second kappa shape index (κ2) is 5.02. The number of nitrogens with one attached hydrogen (secondary N) is 1. The molecule has 0 saturated heterocycles. The summed E-state index contributed by atoms with van der Waals surface area (Å²) in [4.78, 5) is 0. The first kappa shape index (κ1) is 13.3. The van der Waals surface area contributed by atoms with Gasteiger partial charge < -0.3 is 9.88 Å². The zero-order valence-electron chi connectivity index (χ0n) is 12.4. The number of benzene rings is 1. The molecule has 1 aliphatic rings. The van der Waals surface area contributed by atoms with Crippen LogP contribution in [0, 0.1) is 0 Å². The third-order valence-electron chi connectivity index (χ3n) is 4.34. The van der Waals surface area contributed by atoms with Crippen LogP contribution in [0.2, 0.25) is 0 Å². The van der Waals surface area contributed by atoms with Crippen LogP contribution in [0.4, 0.5) is 0 Å². The fourth-order valence-electron chi connectivity index (χ4n) is 2.73. The van der Waals surface area contributed by atoms with E-state index in [1.54, 1.807) is 0 Å². The van der Waals surface area contributed by atoms with E-state index >= 15 is 0 Å². The first-order valence-electron chi connectivity index (χ1n) is 7.35. The van der Waals surface area contributed by atoms with Gasteiger partial charge in [0.25, 0.3) is 0 Å². The molecular weight excluding hydrogens is 248 g/mol. The van der Waals surface area contributed by atoms with Crippen molar-refractivity contribution in [1.82, 2.24) is 20.1 Å². The highest BCUT2D eigenvalue weighted by Gasteiger charge is 2.31. The predicted molar refractivity (Wildman–Crippen MR) is 79.6 cm³/mol. The van der Waals surface area contributed by atoms with Crippen molar-refractivity contribution in [1.29, 1.82) is 0 Å². The van der Waals surface area contributed by atoms with Crippen molar-refractivity contribution in [3.63, 3.8) is 0 Å². The number of rotatable bonds is 3. The molecule has 0 radical (unpaired) electrons. The first-order valence-corrected chi connectivity index (χ1v) is 7.35. The molecular formula is C16H22N4. The molecule has 1 N–H and O–H groups in total. The molecule has 1 aromatic heterocycles. The lowest BCUT2D eigenvalue weighted by atomic mass is 9.89. The van der Waals surface area contributed by atoms with Gasteiger partial charge in [0, 0.05) is 18.5 Å². The summed E-state index contributed by atoms with van der Waals surface area (Å²) in [5, 5.41) is 12.5. The van der Waals surface area contributed by atoms with Gasteiger partial charge >= 0.3 is 0 Å². The second-order valence-electron chi connectivity index (χ2n) is 6.07. The Morgan fingerprint density at radius 2 is 2.00 bits per heavy atom. The Labute approximate surface area is 120 Å². The average molecular weight is 270 g/mol. The molecule has 1 unspecified atom stereocenters. The van der Waals surface area contributed by atoms with Gasteiger partial charge in [-0.2, -0.15) is 0 Å². The summed E-state index contributed by atoms with van der Waals surface area (Å²) < 4.78 is 2.30. The highest BCUT2D eigenvalue weighted by Crippen LogP contribution is 2.30. The largest absolute Gasteiger partial charge is 0.312 e. The summed E-state index contributed by atoms with van der Waals surface area (Å²) >= 11 is 0. The molecule has 1 aliphatic heterocycles. The van der Waals surface area contributed by atoms with Gasteiger partial charge in [0.15, 0.2) is 5.82 Å². The molecule has 0 fully saturated rings. The third kappa shape index (κ3) is 2.14. The Hall–Kier alpha value is -1.68. The lowest BCUT2D eigenvalue weighted by Gasteiger charge is -2.29. The molecule has 20 heavy (non-hydrogen) atoms. The standard InChI is InChI=1S/C16H22N4/c1-4-16(2,3)15-19-18-14-13(17-10-11-20(14)15)12-8-6-5-7-9-12/h5-9,13,17H,4,10-11H2,1-3H3. The van der Waals surface area contributed by atoms with Gasteiger partial charge in [-0.05, 0) is 12.0 Å². The van der Waals surface area contributed by atoms with Crippen LogP contribution in [-0.2, 0) is 12.0 Å². The first-order chi connectivity index (χ1) is 9.63.